The molecule has 2 saturated heterocycles. The van der Waals surface area contributed by atoms with Gasteiger partial charge in [0.1, 0.15) is 16.9 Å². The van der Waals surface area contributed by atoms with Gasteiger partial charge in [0.25, 0.3) is 0 Å². The van der Waals surface area contributed by atoms with E-state index in [4.69, 9.17) is 20.4 Å². The molecule has 0 aliphatic carbocycles. The molecule has 2 atom stereocenters. The standard InChI is InChI=1S/C35H37N7O2/c1-35(2,3)44-34(43)41-21-25-19-40(20-26(25)22-41)18-23-11-13-27(14-12-23)42-32(28-10-7-17-37-31(28)36)39-30-16-15-29(38-33(30)42)24-8-5-4-6-9-24/h4-17,25-26H,18-22H2,1-3H3,(H2,36,37)/t25-,26-/m0/s1. The third kappa shape index (κ3) is 5.51. The number of rotatable bonds is 5. The van der Waals surface area contributed by atoms with Gasteiger partial charge in [0.05, 0.1) is 11.3 Å². The number of benzene rings is 2. The van der Waals surface area contributed by atoms with E-state index in [2.05, 4.69) is 50.8 Å². The minimum absolute atomic E-state index is 0.196. The Morgan fingerprint density at radius 1 is 0.886 bits per heavy atom. The van der Waals surface area contributed by atoms with Crippen LogP contribution in [0.1, 0.15) is 26.3 Å². The molecule has 0 unspecified atom stereocenters. The van der Waals surface area contributed by atoms with Crippen LogP contribution in [0, 0.1) is 11.8 Å². The molecule has 5 aromatic rings. The van der Waals surface area contributed by atoms with Crippen LogP contribution >= 0.6 is 0 Å². The predicted molar refractivity (Wildman–Crippen MR) is 172 cm³/mol. The number of likely N-dealkylation sites (tertiary alicyclic amines) is 2. The number of imidazole rings is 1. The van der Waals surface area contributed by atoms with Crippen LogP contribution in [-0.2, 0) is 11.3 Å². The highest BCUT2D eigenvalue weighted by Crippen LogP contribution is 2.34. The molecule has 2 N–H and O–H groups in total. The summed E-state index contributed by atoms with van der Waals surface area (Å²) in [6.07, 6.45) is 1.49. The molecule has 224 valence electrons. The van der Waals surface area contributed by atoms with E-state index in [-0.39, 0.29) is 6.09 Å². The quantitative estimate of drug-likeness (QED) is 0.268. The lowest BCUT2D eigenvalue weighted by Gasteiger charge is -2.26. The van der Waals surface area contributed by atoms with Crippen LogP contribution in [0.4, 0.5) is 10.6 Å². The van der Waals surface area contributed by atoms with Crippen LogP contribution in [0.5, 0.6) is 0 Å². The van der Waals surface area contributed by atoms with E-state index < -0.39 is 5.60 Å². The molecule has 0 spiro atoms. The minimum Gasteiger partial charge on any atom is -0.444 e. The summed E-state index contributed by atoms with van der Waals surface area (Å²) in [6, 6.07) is 26.6. The van der Waals surface area contributed by atoms with Gasteiger partial charge in [0, 0.05) is 50.2 Å². The third-order valence-corrected chi connectivity index (χ3v) is 8.47. The summed E-state index contributed by atoms with van der Waals surface area (Å²) in [5.41, 5.74) is 12.3. The van der Waals surface area contributed by atoms with Gasteiger partial charge >= 0.3 is 6.09 Å². The van der Waals surface area contributed by atoms with Gasteiger partial charge in [-0.15, -0.1) is 0 Å². The van der Waals surface area contributed by atoms with Gasteiger partial charge in [-0.05, 0) is 74.6 Å². The van der Waals surface area contributed by atoms with Crippen molar-refractivity contribution in [1.82, 2.24) is 29.3 Å². The Kier molecular flexibility index (Phi) is 7.05. The normalized spacial score (nSPS) is 18.6. The van der Waals surface area contributed by atoms with Gasteiger partial charge in [-0.2, -0.15) is 0 Å². The fourth-order valence-electron chi connectivity index (χ4n) is 6.46. The molecule has 0 bridgehead atoms. The van der Waals surface area contributed by atoms with Crippen molar-refractivity contribution in [3.8, 4) is 28.3 Å². The van der Waals surface area contributed by atoms with Crippen molar-refractivity contribution in [2.75, 3.05) is 31.9 Å². The smallest absolute Gasteiger partial charge is 0.410 e. The molecule has 0 radical (unpaired) electrons. The molecule has 2 aliphatic heterocycles. The number of pyridine rings is 2. The first kappa shape index (κ1) is 28.0. The highest BCUT2D eigenvalue weighted by atomic mass is 16.6. The molecule has 7 rings (SSSR count). The summed E-state index contributed by atoms with van der Waals surface area (Å²) < 4.78 is 7.68. The number of nitrogens with zero attached hydrogens (tertiary/aromatic N) is 6. The van der Waals surface area contributed by atoms with Crippen LogP contribution in [0.25, 0.3) is 39.5 Å². The molecule has 9 nitrogen and oxygen atoms in total. The minimum atomic E-state index is -0.471. The maximum Gasteiger partial charge on any atom is 0.410 e. The molecule has 1 amide bonds. The maximum atomic E-state index is 12.6. The first-order chi connectivity index (χ1) is 21.2. The Labute approximate surface area is 257 Å². The average molecular weight is 588 g/mol. The van der Waals surface area contributed by atoms with E-state index in [0.29, 0.717) is 23.5 Å². The van der Waals surface area contributed by atoms with Gasteiger partial charge in [-0.3, -0.25) is 9.47 Å². The number of hydrogen-bond donors (Lipinski definition) is 1. The monoisotopic (exact) mass is 587 g/mol. The van der Waals surface area contributed by atoms with Crippen molar-refractivity contribution in [1.29, 1.82) is 0 Å². The number of carbonyl (C=O) groups is 1. The summed E-state index contributed by atoms with van der Waals surface area (Å²) in [7, 11) is 0. The number of aromatic nitrogens is 4. The van der Waals surface area contributed by atoms with Gasteiger partial charge in [-0.1, -0.05) is 42.5 Å². The van der Waals surface area contributed by atoms with E-state index in [1.807, 2.05) is 68.1 Å². The van der Waals surface area contributed by atoms with E-state index in [9.17, 15) is 4.79 Å². The Morgan fingerprint density at radius 2 is 1.61 bits per heavy atom. The van der Waals surface area contributed by atoms with Gasteiger partial charge < -0.3 is 15.4 Å². The maximum absolute atomic E-state index is 12.6. The molecule has 2 fully saturated rings. The van der Waals surface area contributed by atoms with Crippen molar-refractivity contribution in [3.63, 3.8) is 0 Å². The van der Waals surface area contributed by atoms with E-state index in [1.54, 1.807) is 6.20 Å². The summed E-state index contributed by atoms with van der Waals surface area (Å²) in [5.74, 6) is 2.10. The molecule has 2 aliphatic rings. The fraction of sp³-hybridized carbons (Fsp3) is 0.314. The van der Waals surface area contributed by atoms with Crippen molar-refractivity contribution in [2.45, 2.75) is 32.9 Å². The number of hydrogen-bond acceptors (Lipinski definition) is 7. The van der Waals surface area contributed by atoms with Crippen LogP contribution in [0.2, 0.25) is 0 Å². The summed E-state index contributed by atoms with van der Waals surface area (Å²) >= 11 is 0. The van der Waals surface area contributed by atoms with Crippen molar-refractivity contribution in [3.05, 3.63) is 90.6 Å². The second-order valence-electron chi connectivity index (χ2n) is 12.9. The molecular formula is C35H37N7O2. The Balaban J connectivity index is 1.13. The molecule has 3 aromatic heterocycles. The largest absolute Gasteiger partial charge is 0.444 e. The highest BCUT2D eigenvalue weighted by molar-refractivity contribution is 5.84. The first-order valence-electron chi connectivity index (χ1n) is 15.2. The van der Waals surface area contributed by atoms with Crippen LogP contribution in [0.3, 0.4) is 0 Å². The molecule has 5 heterocycles. The van der Waals surface area contributed by atoms with E-state index >= 15 is 0 Å². The molecule has 2 aromatic carbocycles. The fourth-order valence-corrected chi connectivity index (χ4v) is 6.46. The summed E-state index contributed by atoms with van der Waals surface area (Å²) in [5, 5.41) is 0. The van der Waals surface area contributed by atoms with Gasteiger partial charge in [-0.25, -0.2) is 19.7 Å². The number of nitrogens with two attached hydrogens (primary N) is 1. The lowest BCUT2D eigenvalue weighted by atomic mass is 10.0. The lowest BCUT2D eigenvalue weighted by Crippen LogP contribution is -2.37. The summed E-state index contributed by atoms with van der Waals surface area (Å²) in [6.45, 7) is 10.1. The van der Waals surface area contributed by atoms with Gasteiger partial charge in [0.2, 0.25) is 0 Å². The second-order valence-corrected chi connectivity index (χ2v) is 12.9. The summed E-state index contributed by atoms with van der Waals surface area (Å²) in [4.78, 5) is 31.3. The number of fused-ring (bicyclic) bond motifs is 2. The van der Waals surface area contributed by atoms with Crippen molar-refractivity contribution in [2.24, 2.45) is 11.8 Å². The van der Waals surface area contributed by atoms with Crippen LogP contribution in [0.15, 0.2) is 85.1 Å². The average Bonchev–Trinajstić information content (AvgIpc) is 3.69. The number of ether oxygens (including phenoxy) is 1. The SMILES string of the molecule is CC(C)(C)OC(=O)N1C[C@@H]2CN(Cc3ccc(-n4c(-c5cccnc5N)nc5ccc(-c6ccccc6)nc54)cc3)C[C@H]2C1. The highest BCUT2D eigenvalue weighted by Gasteiger charge is 2.42. The number of nitrogen functional groups attached to an aromatic ring is 1. The van der Waals surface area contributed by atoms with E-state index in [0.717, 1.165) is 66.4 Å². The Hall–Kier alpha value is -4.76. The molecular weight excluding hydrogens is 550 g/mol. The van der Waals surface area contributed by atoms with Crippen molar-refractivity contribution >= 4 is 23.1 Å². The lowest BCUT2D eigenvalue weighted by molar-refractivity contribution is 0.0274. The number of amides is 1. The second kappa shape index (κ2) is 11.1. The predicted octanol–water partition coefficient (Wildman–Crippen LogP) is 6.03. The van der Waals surface area contributed by atoms with E-state index in [1.165, 1.54) is 5.56 Å². The number of carbonyl (C=O) groups excluding carboxylic acids is 1. The van der Waals surface area contributed by atoms with Crippen LogP contribution in [-0.4, -0.2) is 67.2 Å². The van der Waals surface area contributed by atoms with Crippen LogP contribution < -0.4 is 5.73 Å². The molecule has 44 heavy (non-hydrogen) atoms. The molecule has 0 saturated carbocycles. The van der Waals surface area contributed by atoms with Gasteiger partial charge in [0.15, 0.2) is 11.5 Å². The Morgan fingerprint density at radius 3 is 2.30 bits per heavy atom. The molecule has 9 heteroatoms. The zero-order valence-electron chi connectivity index (χ0n) is 25.4. The Bertz CT molecular complexity index is 1800. The zero-order valence-corrected chi connectivity index (χ0v) is 25.4. The zero-order chi connectivity index (χ0) is 30.4. The topological polar surface area (TPSA) is 102 Å². The third-order valence-electron chi connectivity index (χ3n) is 8.47. The first-order valence-corrected chi connectivity index (χ1v) is 15.2. The van der Waals surface area contributed by atoms with Crippen molar-refractivity contribution < 1.29 is 9.53 Å². The number of anilines is 1.